The number of hydrogen-bond acceptors (Lipinski definition) is 2. The van der Waals surface area contributed by atoms with E-state index in [0.717, 1.165) is 37.9 Å². The van der Waals surface area contributed by atoms with Crippen LogP contribution in [0.15, 0.2) is 41.2 Å². The number of amides is 1. The van der Waals surface area contributed by atoms with Crippen molar-refractivity contribution in [2.24, 2.45) is 0 Å². The summed E-state index contributed by atoms with van der Waals surface area (Å²) in [6.45, 7) is 1.47. The molecule has 1 saturated heterocycles. The quantitative estimate of drug-likeness (QED) is 0.924. The van der Waals surface area contributed by atoms with E-state index in [-0.39, 0.29) is 17.0 Å². The minimum Gasteiger partial charge on any atom is -0.338 e. The van der Waals surface area contributed by atoms with Crippen LogP contribution in [-0.4, -0.2) is 28.9 Å². The number of aromatic amines is 1. The molecule has 4 nitrogen and oxygen atoms in total. The molecular formula is C17H17ClN2O2. The zero-order chi connectivity index (χ0) is 15.5. The SMILES string of the molecule is O=C(c1ccc(-c2ccc(Cl)cc2)[nH]c1=O)N1CCCCC1. The fraction of sp³-hybridized carbons (Fsp3) is 0.294. The van der Waals surface area contributed by atoms with Crippen molar-refractivity contribution in [2.45, 2.75) is 19.3 Å². The number of likely N-dealkylation sites (tertiary alicyclic amines) is 1. The zero-order valence-corrected chi connectivity index (χ0v) is 12.9. The monoisotopic (exact) mass is 316 g/mol. The van der Waals surface area contributed by atoms with Gasteiger partial charge in [-0.25, -0.2) is 0 Å². The lowest BCUT2D eigenvalue weighted by Gasteiger charge is -2.26. The third-order valence-electron chi connectivity index (χ3n) is 3.94. The molecule has 1 aliphatic heterocycles. The molecule has 1 aromatic heterocycles. The summed E-state index contributed by atoms with van der Waals surface area (Å²) in [5.74, 6) is -0.177. The first-order chi connectivity index (χ1) is 10.6. The number of halogens is 1. The maximum atomic E-state index is 12.4. The maximum Gasteiger partial charge on any atom is 0.261 e. The van der Waals surface area contributed by atoms with Gasteiger partial charge in [-0.15, -0.1) is 0 Å². The van der Waals surface area contributed by atoms with E-state index in [1.807, 2.05) is 12.1 Å². The Kier molecular flexibility index (Phi) is 4.29. The van der Waals surface area contributed by atoms with Crippen molar-refractivity contribution < 1.29 is 4.79 Å². The molecule has 0 saturated carbocycles. The molecule has 1 fully saturated rings. The van der Waals surface area contributed by atoms with Crippen LogP contribution >= 0.6 is 11.6 Å². The van der Waals surface area contributed by atoms with Crippen LogP contribution in [0.25, 0.3) is 11.3 Å². The van der Waals surface area contributed by atoms with E-state index < -0.39 is 0 Å². The van der Waals surface area contributed by atoms with Crippen molar-refractivity contribution in [3.8, 4) is 11.3 Å². The second-order valence-electron chi connectivity index (χ2n) is 5.47. The van der Waals surface area contributed by atoms with E-state index in [1.54, 1.807) is 29.2 Å². The summed E-state index contributed by atoms with van der Waals surface area (Å²) in [4.78, 5) is 29.2. The highest BCUT2D eigenvalue weighted by molar-refractivity contribution is 6.30. The number of nitrogens with one attached hydrogen (secondary N) is 1. The number of H-pyrrole nitrogens is 1. The van der Waals surface area contributed by atoms with E-state index in [2.05, 4.69) is 4.98 Å². The van der Waals surface area contributed by atoms with Gasteiger partial charge in [0.1, 0.15) is 5.56 Å². The Morgan fingerprint density at radius 1 is 1.00 bits per heavy atom. The van der Waals surface area contributed by atoms with Crippen LogP contribution in [0, 0.1) is 0 Å². The standard InChI is InChI=1S/C17H17ClN2O2/c18-13-6-4-12(5-7-13)15-9-8-14(16(21)19-15)17(22)20-10-2-1-3-11-20/h4-9H,1-3,10-11H2,(H,19,21). The summed E-state index contributed by atoms with van der Waals surface area (Å²) >= 11 is 5.86. The molecule has 1 aliphatic rings. The van der Waals surface area contributed by atoms with Crippen LogP contribution in [0.3, 0.4) is 0 Å². The highest BCUT2D eigenvalue weighted by atomic mass is 35.5. The van der Waals surface area contributed by atoms with Crippen molar-refractivity contribution in [3.63, 3.8) is 0 Å². The van der Waals surface area contributed by atoms with E-state index >= 15 is 0 Å². The molecule has 3 rings (SSSR count). The Morgan fingerprint density at radius 2 is 1.68 bits per heavy atom. The van der Waals surface area contributed by atoms with Gasteiger partial charge in [-0.1, -0.05) is 23.7 Å². The lowest BCUT2D eigenvalue weighted by atomic mass is 10.1. The number of aromatic nitrogens is 1. The van der Waals surface area contributed by atoms with Crippen molar-refractivity contribution in [2.75, 3.05) is 13.1 Å². The van der Waals surface area contributed by atoms with Gasteiger partial charge < -0.3 is 9.88 Å². The maximum absolute atomic E-state index is 12.4. The first-order valence-electron chi connectivity index (χ1n) is 7.44. The molecule has 2 aromatic rings. The molecule has 22 heavy (non-hydrogen) atoms. The first kappa shape index (κ1) is 14.9. The van der Waals surface area contributed by atoms with Crippen molar-refractivity contribution in [3.05, 3.63) is 57.3 Å². The van der Waals surface area contributed by atoms with Gasteiger partial charge in [0.05, 0.1) is 0 Å². The molecule has 0 radical (unpaired) electrons. The fourth-order valence-electron chi connectivity index (χ4n) is 2.71. The molecule has 1 aromatic carbocycles. The number of pyridine rings is 1. The van der Waals surface area contributed by atoms with Gasteiger partial charge in [0.25, 0.3) is 11.5 Å². The first-order valence-corrected chi connectivity index (χ1v) is 7.81. The van der Waals surface area contributed by atoms with Crippen LogP contribution < -0.4 is 5.56 Å². The van der Waals surface area contributed by atoms with Gasteiger partial charge in [0.15, 0.2) is 0 Å². The Labute approximate surface area is 133 Å². The van der Waals surface area contributed by atoms with Gasteiger partial charge in [-0.3, -0.25) is 9.59 Å². The molecule has 0 unspecified atom stereocenters. The van der Waals surface area contributed by atoms with Crippen LogP contribution in [0.5, 0.6) is 0 Å². The summed E-state index contributed by atoms with van der Waals surface area (Å²) in [6.07, 6.45) is 3.16. The number of hydrogen-bond donors (Lipinski definition) is 1. The molecular weight excluding hydrogens is 300 g/mol. The minimum atomic E-state index is -0.344. The summed E-state index contributed by atoms with van der Waals surface area (Å²) in [7, 11) is 0. The number of piperidine rings is 1. The van der Waals surface area contributed by atoms with Crippen molar-refractivity contribution >= 4 is 17.5 Å². The lowest BCUT2D eigenvalue weighted by molar-refractivity contribution is 0.0722. The van der Waals surface area contributed by atoms with E-state index in [0.29, 0.717) is 10.7 Å². The van der Waals surface area contributed by atoms with Gasteiger partial charge in [0, 0.05) is 23.8 Å². The third-order valence-corrected chi connectivity index (χ3v) is 4.19. The molecule has 0 atom stereocenters. The number of nitrogens with zero attached hydrogens (tertiary/aromatic N) is 1. The molecule has 5 heteroatoms. The molecule has 2 heterocycles. The minimum absolute atomic E-state index is 0.177. The van der Waals surface area contributed by atoms with E-state index in [1.165, 1.54) is 0 Å². The second-order valence-corrected chi connectivity index (χ2v) is 5.91. The van der Waals surface area contributed by atoms with Crippen LogP contribution in [0.1, 0.15) is 29.6 Å². The smallest absolute Gasteiger partial charge is 0.261 e. The van der Waals surface area contributed by atoms with Crippen LogP contribution in [-0.2, 0) is 0 Å². The molecule has 114 valence electrons. The summed E-state index contributed by atoms with van der Waals surface area (Å²) in [5.41, 5.74) is 1.40. The largest absolute Gasteiger partial charge is 0.338 e. The zero-order valence-electron chi connectivity index (χ0n) is 12.1. The average Bonchev–Trinajstić information content (AvgIpc) is 2.56. The predicted molar refractivity (Wildman–Crippen MR) is 87.3 cm³/mol. The van der Waals surface area contributed by atoms with Gasteiger partial charge >= 0.3 is 0 Å². The van der Waals surface area contributed by atoms with Crippen molar-refractivity contribution in [1.29, 1.82) is 0 Å². The molecule has 0 bridgehead atoms. The molecule has 1 amide bonds. The Bertz CT molecular complexity index is 731. The van der Waals surface area contributed by atoms with Gasteiger partial charge in [-0.05, 0) is 49.1 Å². The average molecular weight is 317 g/mol. The third kappa shape index (κ3) is 3.07. The van der Waals surface area contributed by atoms with Gasteiger partial charge in [0.2, 0.25) is 0 Å². The van der Waals surface area contributed by atoms with E-state index in [4.69, 9.17) is 11.6 Å². The topological polar surface area (TPSA) is 53.2 Å². The summed E-state index contributed by atoms with van der Waals surface area (Å²) in [5, 5.41) is 0.642. The normalized spacial score (nSPS) is 14.9. The number of rotatable bonds is 2. The molecule has 1 N–H and O–H groups in total. The predicted octanol–water partition coefficient (Wildman–Crippen LogP) is 3.32. The summed E-state index contributed by atoms with van der Waals surface area (Å²) in [6, 6.07) is 10.6. The molecule has 0 aliphatic carbocycles. The Morgan fingerprint density at radius 3 is 2.32 bits per heavy atom. The lowest BCUT2D eigenvalue weighted by Crippen LogP contribution is -2.38. The summed E-state index contributed by atoms with van der Waals surface area (Å²) < 4.78 is 0. The van der Waals surface area contributed by atoms with Crippen molar-refractivity contribution in [1.82, 2.24) is 9.88 Å². The Hall–Kier alpha value is -2.07. The Balaban J connectivity index is 1.87. The van der Waals surface area contributed by atoms with Gasteiger partial charge in [-0.2, -0.15) is 0 Å². The number of carbonyl (C=O) groups excluding carboxylic acids is 1. The highest BCUT2D eigenvalue weighted by Crippen LogP contribution is 2.19. The highest BCUT2D eigenvalue weighted by Gasteiger charge is 2.20. The van der Waals surface area contributed by atoms with Crippen LogP contribution in [0.2, 0.25) is 5.02 Å². The molecule has 0 spiro atoms. The van der Waals surface area contributed by atoms with E-state index in [9.17, 15) is 9.59 Å². The number of carbonyl (C=O) groups is 1. The second kappa shape index (κ2) is 6.36. The number of benzene rings is 1. The fourth-order valence-corrected chi connectivity index (χ4v) is 2.83. The van der Waals surface area contributed by atoms with Crippen LogP contribution in [0.4, 0.5) is 0 Å².